The second-order valence-electron chi connectivity index (χ2n) is 5.63. The maximum Gasteiger partial charge on any atom is 0.123 e. The van der Waals surface area contributed by atoms with E-state index in [0.29, 0.717) is 5.92 Å². The summed E-state index contributed by atoms with van der Waals surface area (Å²) in [6.45, 7) is 5.27. The van der Waals surface area contributed by atoms with Gasteiger partial charge in [0.25, 0.3) is 0 Å². The standard InChI is InChI=1S/C17H18FN3/c1-12(2)11-21-17-8-7-16(9-13(17)10-19-21)20-15-5-3-14(18)4-6-15/h3-10,12,20H,11H2,1-2H3. The lowest BCUT2D eigenvalue weighted by molar-refractivity contribution is 0.495. The van der Waals surface area contributed by atoms with Gasteiger partial charge < -0.3 is 5.32 Å². The molecule has 0 atom stereocenters. The Bertz CT molecular complexity index is 744. The van der Waals surface area contributed by atoms with Gasteiger partial charge in [-0.1, -0.05) is 13.8 Å². The Morgan fingerprint density at radius 1 is 1.10 bits per heavy atom. The van der Waals surface area contributed by atoms with E-state index >= 15 is 0 Å². The molecular formula is C17H18FN3. The van der Waals surface area contributed by atoms with Crippen LogP contribution < -0.4 is 5.32 Å². The van der Waals surface area contributed by atoms with Crippen molar-refractivity contribution in [3.63, 3.8) is 0 Å². The summed E-state index contributed by atoms with van der Waals surface area (Å²) in [6.07, 6.45) is 1.88. The van der Waals surface area contributed by atoms with Crippen LogP contribution in [-0.4, -0.2) is 9.78 Å². The molecule has 1 aromatic heterocycles. The Kier molecular flexibility index (Phi) is 3.60. The second kappa shape index (κ2) is 5.56. The molecular weight excluding hydrogens is 265 g/mol. The fourth-order valence-electron chi connectivity index (χ4n) is 2.36. The summed E-state index contributed by atoms with van der Waals surface area (Å²) < 4.78 is 14.9. The molecule has 0 amide bonds. The third-order valence-corrected chi connectivity index (χ3v) is 3.31. The van der Waals surface area contributed by atoms with E-state index < -0.39 is 0 Å². The third kappa shape index (κ3) is 3.05. The molecule has 0 aliphatic carbocycles. The van der Waals surface area contributed by atoms with Gasteiger partial charge >= 0.3 is 0 Å². The van der Waals surface area contributed by atoms with Gasteiger partial charge in [0, 0.05) is 23.3 Å². The first-order valence-electron chi connectivity index (χ1n) is 7.10. The van der Waals surface area contributed by atoms with Gasteiger partial charge in [-0.15, -0.1) is 0 Å². The zero-order valence-electron chi connectivity index (χ0n) is 12.2. The number of hydrogen-bond acceptors (Lipinski definition) is 2. The van der Waals surface area contributed by atoms with Crippen LogP contribution in [0.1, 0.15) is 13.8 Å². The summed E-state index contributed by atoms with van der Waals surface area (Å²) in [6, 6.07) is 12.5. The molecule has 0 spiro atoms. The number of aromatic nitrogens is 2. The molecule has 3 aromatic rings. The van der Waals surface area contributed by atoms with Crippen LogP contribution in [0.2, 0.25) is 0 Å². The molecule has 0 aliphatic heterocycles. The fourth-order valence-corrected chi connectivity index (χ4v) is 2.36. The van der Waals surface area contributed by atoms with Gasteiger partial charge in [0.15, 0.2) is 0 Å². The first-order chi connectivity index (χ1) is 10.1. The fraction of sp³-hybridized carbons (Fsp3) is 0.235. The highest BCUT2D eigenvalue weighted by atomic mass is 19.1. The zero-order valence-corrected chi connectivity index (χ0v) is 12.2. The number of anilines is 2. The van der Waals surface area contributed by atoms with Gasteiger partial charge in [-0.05, 0) is 48.4 Å². The number of nitrogens with zero attached hydrogens (tertiary/aromatic N) is 2. The molecule has 3 rings (SSSR count). The number of benzene rings is 2. The van der Waals surface area contributed by atoms with E-state index in [9.17, 15) is 4.39 Å². The Labute approximate surface area is 123 Å². The van der Waals surface area contributed by atoms with Crippen molar-refractivity contribution in [2.24, 2.45) is 5.92 Å². The minimum Gasteiger partial charge on any atom is -0.356 e. The topological polar surface area (TPSA) is 29.9 Å². The van der Waals surface area contributed by atoms with Crippen molar-refractivity contribution in [3.05, 3.63) is 54.5 Å². The van der Waals surface area contributed by atoms with E-state index in [1.54, 1.807) is 12.1 Å². The molecule has 0 saturated heterocycles. The van der Waals surface area contributed by atoms with Crippen molar-refractivity contribution in [1.29, 1.82) is 0 Å². The van der Waals surface area contributed by atoms with Crippen LogP contribution >= 0.6 is 0 Å². The Morgan fingerprint density at radius 3 is 2.52 bits per heavy atom. The summed E-state index contributed by atoms with van der Waals surface area (Å²) in [5, 5.41) is 8.80. The smallest absolute Gasteiger partial charge is 0.123 e. The molecule has 4 heteroatoms. The van der Waals surface area contributed by atoms with Gasteiger partial charge in [0.1, 0.15) is 5.82 Å². The SMILES string of the molecule is CC(C)Cn1ncc2cc(Nc3ccc(F)cc3)ccc21. The Morgan fingerprint density at radius 2 is 1.81 bits per heavy atom. The highest BCUT2D eigenvalue weighted by molar-refractivity contribution is 5.83. The molecule has 1 heterocycles. The second-order valence-corrected chi connectivity index (χ2v) is 5.63. The van der Waals surface area contributed by atoms with E-state index in [1.165, 1.54) is 12.1 Å². The van der Waals surface area contributed by atoms with Gasteiger partial charge in [-0.25, -0.2) is 4.39 Å². The van der Waals surface area contributed by atoms with E-state index in [2.05, 4.69) is 36.4 Å². The lowest BCUT2D eigenvalue weighted by Gasteiger charge is -2.08. The number of hydrogen-bond donors (Lipinski definition) is 1. The van der Waals surface area contributed by atoms with Gasteiger partial charge in [0.2, 0.25) is 0 Å². The number of rotatable bonds is 4. The van der Waals surface area contributed by atoms with Crippen molar-refractivity contribution < 1.29 is 4.39 Å². The Hall–Kier alpha value is -2.36. The van der Waals surface area contributed by atoms with Crippen molar-refractivity contribution in [2.75, 3.05) is 5.32 Å². The summed E-state index contributed by atoms with van der Waals surface area (Å²) in [5.41, 5.74) is 2.97. The molecule has 0 fully saturated rings. The molecule has 3 nitrogen and oxygen atoms in total. The van der Waals surface area contributed by atoms with Gasteiger partial charge in [-0.3, -0.25) is 4.68 Å². The van der Waals surface area contributed by atoms with Crippen LogP contribution in [-0.2, 0) is 6.54 Å². The summed E-state index contributed by atoms with van der Waals surface area (Å²) >= 11 is 0. The van der Waals surface area contributed by atoms with Crippen molar-refractivity contribution in [3.8, 4) is 0 Å². The van der Waals surface area contributed by atoms with Crippen LogP contribution in [0.5, 0.6) is 0 Å². The summed E-state index contributed by atoms with van der Waals surface area (Å²) in [4.78, 5) is 0. The lowest BCUT2D eigenvalue weighted by atomic mass is 10.2. The molecule has 0 unspecified atom stereocenters. The normalized spacial score (nSPS) is 11.2. The first-order valence-corrected chi connectivity index (χ1v) is 7.10. The van der Waals surface area contributed by atoms with Crippen molar-refractivity contribution >= 4 is 22.3 Å². The number of nitrogens with one attached hydrogen (secondary N) is 1. The van der Waals surface area contributed by atoms with Crippen LogP contribution in [0.4, 0.5) is 15.8 Å². The maximum atomic E-state index is 12.9. The molecule has 108 valence electrons. The predicted molar refractivity (Wildman–Crippen MR) is 84.3 cm³/mol. The molecule has 2 aromatic carbocycles. The average Bonchev–Trinajstić information content (AvgIpc) is 2.83. The molecule has 1 N–H and O–H groups in total. The molecule has 0 radical (unpaired) electrons. The van der Waals surface area contributed by atoms with Crippen LogP contribution in [0.3, 0.4) is 0 Å². The van der Waals surface area contributed by atoms with Crippen LogP contribution in [0, 0.1) is 11.7 Å². The van der Waals surface area contributed by atoms with E-state index in [4.69, 9.17) is 0 Å². The summed E-state index contributed by atoms with van der Waals surface area (Å²) in [7, 11) is 0. The Balaban J connectivity index is 1.86. The number of fused-ring (bicyclic) bond motifs is 1. The average molecular weight is 283 g/mol. The maximum absolute atomic E-state index is 12.9. The zero-order chi connectivity index (χ0) is 14.8. The predicted octanol–water partition coefficient (Wildman–Crippen LogP) is 4.58. The molecule has 0 saturated carbocycles. The van der Waals surface area contributed by atoms with E-state index in [1.807, 2.05) is 16.9 Å². The minimum atomic E-state index is -0.231. The molecule has 21 heavy (non-hydrogen) atoms. The molecule has 0 bridgehead atoms. The first kappa shape index (κ1) is 13.6. The quantitative estimate of drug-likeness (QED) is 0.759. The van der Waals surface area contributed by atoms with E-state index in [-0.39, 0.29) is 5.82 Å². The third-order valence-electron chi connectivity index (χ3n) is 3.31. The largest absolute Gasteiger partial charge is 0.356 e. The summed E-state index contributed by atoms with van der Waals surface area (Å²) in [5.74, 6) is 0.330. The number of halogens is 1. The van der Waals surface area contributed by atoms with Gasteiger partial charge in [-0.2, -0.15) is 5.10 Å². The highest BCUT2D eigenvalue weighted by Gasteiger charge is 2.05. The monoisotopic (exact) mass is 283 g/mol. The van der Waals surface area contributed by atoms with E-state index in [0.717, 1.165) is 28.8 Å². The van der Waals surface area contributed by atoms with Gasteiger partial charge in [0.05, 0.1) is 11.7 Å². The van der Waals surface area contributed by atoms with Crippen LogP contribution in [0.25, 0.3) is 10.9 Å². The lowest BCUT2D eigenvalue weighted by Crippen LogP contribution is -2.05. The van der Waals surface area contributed by atoms with Crippen molar-refractivity contribution in [1.82, 2.24) is 9.78 Å². The van der Waals surface area contributed by atoms with Crippen LogP contribution in [0.15, 0.2) is 48.7 Å². The van der Waals surface area contributed by atoms with Crippen molar-refractivity contribution in [2.45, 2.75) is 20.4 Å². The molecule has 0 aliphatic rings. The minimum absolute atomic E-state index is 0.231. The highest BCUT2D eigenvalue weighted by Crippen LogP contribution is 2.23.